The Morgan fingerprint density at radius 2 is 2.27 bits per heavy atom. The van der Waals surface area contributed by atoms with Crippen LogP contribution in [0.1, 0.15) is 11.7 Å². The molecule has 0 spiro atoms. The van der Waals surface area contributed by atoms with Crippen molar-refractivity contribution < 1.29 is 4.79 Å². The Labute approximate surface area is 60.5 Å². The van der Waals surface area contributed by atoms with Crippen molar-refractivity contribution in [3.63, 3.8) is 0 Å². The van der Waals surface area contributed by atoms with Crippen molar-refractivity contribution in [2.75, 3.05) is 0 Å². The zero-order valence-electron chi connectivity index (χ0n) is 5.70. The number of nitrogens with zero attached hydrogens (tertiary/aromatic N) is 2. The number of hydrogen-bond acceptors (Lipinski definition) is 4. The smallest absolute Gasteiger partial charge is 0.273 e. The molecule has 58 valence electrons. The zero-order chi connectivity index (χ0) is 8.43. The molecule has 1 aromatic heterocycles. The van der Waals surface area contributed by atoms with Crippen LogP contribution >= 0.6 is 0 Å². The third kappa shape index (κ3) is 1.40. The molecule has 0 aliphatic carbocycles. The fourth-order valence-corrected chi connectivity index (χ4v) is 0.578. The number of aromatic nitrogens is 3. The lowest BCUT2D eigenvalue weighted by Gasteiger charge is -1.93. The predicted octanol–water partition coefficient (Wildman–Crippen LogP) is -1.41. The largest absolute Gasteiger partial charge is 0.352 e. The predicted molar refractivity (Wildman–Crippen MR) is 35.4 cm³/mol. The molecule has 1 heterocycles. The Bertz CT molecular complexity index is 388. The van der Waals surface area contributed by atoms with Crippen molar-refractivity contribution in [3.05, 3.63) is 27.0 Å². The number of hydrogen-bond donors (Lipinski definition) is 1. The maximum Gasteiger partial charge on any atom is 0.352 e. The van der Waals surface area contributed by atoms with Crippen LogP contribution in [0.15, 0.2) is 15.8 Å². The average molecular weight is 155 g/mol. The fourth-order valence-electron chi connectivity index (χ4n) is 0.578. The van der Waals surface area contributed by atoms with Gasteiger partial charge in [-0.1, -0.05) is 0 Å². The van der Waals surface area contributed by atoms with Gasteiger partial charge in [0, 0.05) is 6.92 Å². The van der Waals surface area contributed by atoms with E-state index in [2.05, 4.69) is 5.10 Å². The van der Waals surface area contributed by atoms with Crippen LogP contribution < -0.4 is 11.2 Å². The third-order valence-electron chi connectivity index (χ3n) is 1.01. The third-order valence-corrected chi connectivity index (χ3v) is 1.01. The first kappa shape index (κ1) is 7.39. The Morgan fingerprint density at radius 3 is 2.73 bits per heavy atom. The van der Waals surface area contributed by atoms with Crippen LogP contribution in [0.4, 0.5) is 0 Å². The van der Waals surface area contributed by atoms with Gasteiger partial charge in [0.15, 0.2) is 0 Å². The van der Waals surface area contributed by atoms with Crippen molar-refractivity contribution in [1.82, 2.24) is 14.8 Å². The molecule has 1 N–H and O–H groups in total. The molecule has 6 heteroatoms. The molecular formula is C5H5N3O3. The second-order valence-corrected chi connectivity index (χ2v) is 1.87. The number of aromatic amines is 1. The van der Waals surface area contributed by atoms with E-state index in [0.29, 0.717) is 4.68 Å². The highest BCUT2D eigenvalue weighted by atomic mass is 16.2. The Morgan fingerprint density at radius 1 is 1.64 bits per heavy atom. The maximum atomic E-state index is 10.7. The number of carbonyl (C=O) groups excluding carboxylic acids is 1. The molecular weight excluding hydrogens is 150 g/mol. The monoisotopic (exact) mass is 155 g/mol. The van der Waals surface area contributed by atoms with Crippen molar-refractivity contribution in [2.45, 2.75) is 6.92 Å². The molecule has 1 aromatic rings. The molecule has 0 unspecified atom stereocenters. The van der Waals surface area contributed by atoms with E-state index in [1.54, 1.807) is 0 Å². The number of carbonyl (C=O) groups is 1. The molecule has 0 aromatic carbocycles. The highest BCUT2D eigenvalue weighted by Gasteiger charge is 2.00. The van der Waals surface area contributed by atoms with Crippen LogP contribution in [-0.4, -0.2) is 20.7 Å². The molecule has 11 heavy (non-hydrogen) atoms. The van der Waals surface area contributed by atoms with Crippen LogP contribution in [0.25, 0.3) is 0 Å². The molecule has 1 rings (SSSR count). The summed E-state index contributed by atoms with van der Waals surface area (Å²) in [6, 6.07) is 0. The van der Waals surface area contributed by atoms with Gasteiger partial charge in [-0.3, -0.25) is 14.6 Å². The van der Waals surface area contributed by atoms with Crippen LogP contribution in [0.2, 0.25) is 0 Å². The SMILES string of the molecule is CC(=O)n1ncc(=O)[nH]c1=O. The number of rotatable bonds is 0. The molecule has 0 saturated heterocycles. The van der Waals surface area contributed by atoms with Crippen molar-refractivity contribution >= 4 is 5.91 Å². The molecule has 0 radical (unpaired) electrons. The minimum absolute atomic E-state index is 0.536. The first-order chi connectivity index (χ1) is 5.11. The molecule has 0 fully saturated rings. The minimum Gasteiger partial charge on any atom is -0.273 e. The average Bonchev–Trinajstić information content (AvgIpc) is 1.85. The summed E-state index contributed by atoms with van der Waals surface area (Å²) in [5, 5.41) is 3.29. The molecule has 6 nitrogen and oxygen atoms in total. The van der Waals surface area contributed by atoms with Crippen molar-refractivity contribution in [3.8, 4) is 0 Å². The van der Waals surface area contributed by atoms with Gasteiger partial charge in [-0.05, 0) is 0 Å². The first-order valence-electron chi connectivity index (χ1n) is 2.81. The Kier molecular flexibility index (Phi) is 1.67. The Balaban J connectivity index is 3.43. The normalized spacial score (nSPS) is 9.55. The number of nitrogens with one attached hydrogen (secondary N) is 1. The summed E-state index contributed by atoms with van der Waals surface area (Å²) >= 11 is 0. The topological polar surface area (TPSA) is 84.8 Å². The van der Waals surface area contributed by atoms with Crippen molar-refractivity contribution in [1.29, 1.82) is 0 Å². The van der Waals surface area contributed by atoms with E-state index >= 15 is 0 Å². The van der Waals surface area contributed by atoms with Gasteiger partial charge < -0.3 is 0 Å². The van der Waals surface area contributed by atoms with Gasteiger partial charge in [-0.2, -0.15) is 5.10 Å². The highest BCUT2D eigenvalue weighted by Crippen LogP contribution is 1.66. The summed E-state index contributed by atoms with van der Waals surface area (Å²) in [4.78, 5) is 33.6. The second kappa shape index (κ2) is 2.49. The van der Waals surface area contributed by atoms with Crippen LogP contribution in [-0.2, 0) is 0 Å². The van der Waals surface area contributed by atoms with Crippen LogP contribution in [0.3, 0.4) is 0 Å². The molecule has 0 saturated carbocycles. The van der Waals surface area contributed by atoms with Gasteiger partial charge in [-0.25, -0.2) is 4.79 Å². The van der Waals surface area contributed by atoms with Gasteiger partial charge >= 0.3 is 5.69 Å². The lowest BCUT2D eigenvalue weighted by Crippen LogP contribution is -2.34. The fraction of sp³-hybridized carbons (Fsp3) is 0.200. The maximum absolute atomic E-state index is 10.7. The van der Waals surface area contributed by atoms with Gasteiger partial charge in [0.2, 0.25) is 5.91 Å². The molecule has 0 bridgehead atoms. The summed E-state index contributed by atoms with van der Waals surface area (Å²) in [6.07, 6.45) is 0.864. The molecule has 0 amide bonds. The van der Waals surface area contributed by atoms with Gasteiger partial charge in [0.05, 0.1) is 0 Å². The Hall–Kier alpha value is -1.72. The van der Waals surface area contributed by atoms with Gasteiger partial charge in [-0.15, -0.1) is 4.68 Å². The zero-order valence-corrected chi connectivity index (χ0v) is 5.70. The molecule has 0 atom stereocenters. The van der Waals surface area contributed by atoms with Gasteiger partial charge in [0.1, 0.15) is 6.20 Å². The van der Waals surface area contributed by atoms with Crippen LogP contribution in [0.5, 0.6) is 0 Å². The quantitative estimate of drug-likeness (QED) is 0.498. The second-order valence-electron chi connectivity index (χ2n) is 1.87. The summed E-state index contributed by atoms with van der Waals surface area (Å²) in [6.45, 7) is 1.17. The van der Waals surface area contributed by atoms with E-state index in [1.165, 1.54) is 6.92 Å². The standard InChI is InChI=1S/C5H5N3O3/c1-3(9)8-5(11)7-4(10)2-6-8/h2H,1H3,(H,7,10,11). The molecule has 0 aliphatic rings. The van der Waals surface area contributed by atoms with E-state index in [0.717, 1.165) is 6.20 Å². The van der Waals surface area contributed by atoms with E-state index < -0.39 is 17.2 Å². The van der Waals surface area contributed by atoms with E-state index in [9.17, 15) is 14.4 Å². The summed E-state index contributed by atoms with van der Waals surface area (Å²) < 4.78 is 0.571. The number of H-pyrrole nitrogens is 1. The summed E-state index contributed by atoms with van der Waals surface area (Å²) in [7, 11) is 0. The minimum atomic E-state index is -0.815. The van der Waals surface area contributed by atoms with Crippen LogP contribution in [0, 0.1) is 0 Å². The lowest BCUT2D eigenvalue weighted by atomic mass is 10.7. The lowest BCUT2D eigenvalue weighted by molar-refractivity contribution is 0.0912. The van der Waals surface area contributed by atoms with Crippen molar-refractivity contribution in [2.24, 2.45) is 0 Å². The summed E-state index contributed by atoms with van der Waals surface area (Å²) in [5.74, 6) is -0.536. The van der Waals surface area contributed by atoms with E-state index in [4.69, 9.17) is 0 Å². The van der Waals surface area contributed by atoms with Gasteiger partial charge in [0.25, 0.3) is 5.56 Å². The first-order valence-corrected chi connectivity index (χ1v) is 2.81. The molecule has 0 aliphatic heterocycles. The van der Waals surface area contributed by atoms with E-state index in [-0.39, 0.29) is 0 Å². The van der Waals surface area contributed by atoms with E-state index in [1.807, 2.05) is 4.98 Å². The highest BCUT2D eigenvalue weighted by molar-refractivity contribution is 5.74. The summed E-state index contributed by atoms with van der Waals surface area (Å²) in [5.41, 5.74) is -1.43.